The van der Waals surface area contributed by atoms with Crippen molar-refractivity contribution in [2.24, 2.45) is 5.73 Å². The van der Waals surface area contributed by atoms with Gasteiger partial charge in [-0.05, 0) is 36.8 Å². The summed E-state index contributed by atoms with van der Waals surface area (Å²) in [7, 11) is 1.85. The van der Waals surface area contributed by atoms with Gasteiger partial charge in [-0.15, -0.1) is 11.3 Å². The van der Waals surface area contributed by atoms with Crippen LogP contribution in [0.4, 0.5) is 0 Å². The number of likely N-dealkylation sites (N-methyl/N-ethyl adjacent to an activating group) is 1. The number of rotatable bonds is 7. The second-order valence-electron chi connectivity index (χ2n) is 4.47. The third kappa shape index (κ3) is 4.63. The minimum atomic E-state index is -0.367. The number of thiophene rings is 1. The Morgan fingerprint density at radius 2 is 2.33 bits per heavy atom. The Labute approximate surface area is 118 Å². The minimum Gasteiger partial charge on any atom is -0.341 e. The molecule has 1 rings (SSSR count). The highest BCUT2D eigenvalue weighted by molar-refractivity contribution is 7.98. The molecule has 0 aliphatic rings. The fourth-order valence-electron chi connectivity index (χ4n) is 1.70. The van der Waals surface area contributed by atoms with Gasteiger partial charge in [0, 0.05) is 24.4 Å². The van der Waals surface area contributed by atoms with Crippen LogP contribution in [0.3, 0.4) is 0 Å². The first-order valence-corrected chi connectivity index (χ1v) is 8.37. The van der Waals surface area contributed by atoms with E-state index in [4.69, 9.17) is 5.73 Å². The van der Waals surface area contributed by atoms with Gasteiger partial charge in [0.15, 0.2) is 0 Å². The monoisotopic (exact) mass is 286 g/mol. The summed E-state index contributed by atoms with van der Waals surface area (Å²) < 4.78 is 0. The van der Waals surface area contributed by atoms with Crippen LogP contribution in [0.25, 0.3) is 0 Å². The molecule has 0 fully saturated rings. The maximum absolute atomic E-state index is 12.1. The SMILES string of the molecule is CSCC[C@H](N)C(=O)N(C)C(C)Cc1cccs1. The molecule has 1 unspecified atom stereocenters. The highest BCUT2D eigenvalue weighted by Gasteiger charge is 2.21. The topological polar surface area (TPSA) is 46.3 Å². The summed E-state index contributed by atoms with van der Waals surface area (Å²) in [4.78, 5) is 15.2. The van der Waals surface area contributed by atoms with Crippen molar-refractivity contribution >= 4 is 29.0 Å². The van der Waals surface area contributed by atoms with Crippen molar-refractivity contribution < 1.29 is 4.79 Å². The quantitative estimate of drug-likeness (QED) is 0.836. The van der Waals surface area contributed by atoms with Crippen LogP contribution in [0.2, 0.25) is 0 Å². The minimum absolute atomic E-state index is 0.0492. The predicted molar refractivity (Wildman–Crippen MR) is 81.2 cm³/mol. The highest BCUT2D eigenvalue weighted by Crippen LogP contribution is 2.14. The standard InChI is InChI=1S/C13H22N2OS2/c1-10(9-11-5-4-7-18-11)15(2)13(16)12(14)6-8-17-3/h4-5,7,10,12H,6,8-9,14H2,1-3H3/t10?,12-/m0/s1. The molecule has 1 aromatic heterocycles. The number of nitrogens with zero attached hydrogens (tertiary/aromatic N) is 1. The number of hydrogen-bond acceptors (Lipinski definition) is 4. The van der Waals surface area contributed by atoms with E-state index in [-0.39, 0.29) is 18.0 Å². The van der Waals surface area contributed by atoms with E-state index in [1.165, 1.54) is 4.88 Å². The fraction of sp³-hybridized carbons (Fsp3) is 0.615. The lowest BCUT2D eigenvalue weighted by Gasteiger charge is -2.27. The first-order valence-electron chi connectivity index (χ1n) is 6.09. The van der Waals surface area contributed by atoms with Crippen LogP contribution in [0.5, 0.6) is 0 Å². The lowest BCUT2D eigenvalue weighted by Crippen LogP contribution is -2.46. The summed E-state index contributed by atoms with van der Waals surface area (Å²) in [5.74, 6) is 0.980. The van der Waals surface area contributed by atoms with Crippen LogP contribution in [0, 0.1) is 0 Å². The maximum atomic E-state index is 12.1. The molecule has 5 heteroatoms. The van der Waals surface area contributed by atoms with E-state index in [0.717, 1.165) is 18.6 Å². The maximum Gasteiger partial charge on any atom is 0.239 e. The Morgan fingerprint density at radius 1 is 1.61 bits per heavy atom. The molecule has 0 aromatic carbocycles. The van der Waals surface area contributed by atoms with Gasteiger partial charge in [-0.25, -0.2) is 0 Å². The zero-order chi connectivity index (χ0) is 13.5. The second-order valence-corrected chi connectivity index (χ2v) is 6.49. The molecule has 0 spiro atoms. The van der Waals surface area contributed by atoms with E-state index in [9.17, 15) is 4.79 Å². The lowest BCUT2D eigenvalue weighted by atomic mass is 10.1. The number of thioether (sulfide) groups is 1. The zero-order valence-corrected chi connectivity index (χ0v) is 12.9. The Kier molecular flexibility index (Phi) is 6.75. The summed E-state index contributed by atoms with van der Waals surface area (Å²) in [6, 6.07) is 3.97. The molecule has 2 N–H and O–H groups in total. The Morgan fingerprint density at radius 3 is 2.89 bits per heavy atom. The van der Waals surface area contributed by atoms with E-state index in [0.29, 0.717) is 0 Å². The first-order chi connectivity index (χ1) is 8.56. The van der Waals surface area contributed by atoms with Gasteiger partial charge in [-0.1, -0.05) is 6.07 Å². The molecule has 0 bridgehead atoms. The zero-order valence-electron chi connectivity index (χ0n) is 11.3. The molecule has 0 aliphatic heterocycles. The number of carbonyl (C=O) groups excluding carboxylic acids is 1. The summed E-state index contributed by atoms with van der Waals surface area (Å²) >= 11 is 3.45. The van der Waals surface area contributed by atoms with Crippen molar-refractivity contribution in [3.63, 3.8) is 0 Å². The van der Waals surface area contributed by atoms with Crippen molar-refractivity contribution in [2.45, 2.75) is 31.8 Å². The van der Waals surface area contributed by atoms with E-state index in [2.05, 4.69) is 18.4 Å². The molecular weight excluding hydrogens is 264 g/mol. The normalized spacial score (nSPS) is 14.2. The van der Waals surface area contributed by atoms with Crippen LogP contribution in [0.1, 0.15) is 18.2 Å². The summed E-state index contributed by atoms with van der Waals surface area (Å²) in [5.41, 5.74) is 5.91. The molecule has 1 heterocycles. The van der Waals surface area contributed by atoms with Crippen LogP contribution >= 0.6 is 23.1 Å². The number of nitrogens with two attached hydrogens (primary N) is 1. The molecule has 102 valence electrons. The second kappa shape index (κ2) is 7.81. The van der Waals surface area contributed by atoms with Gasteiger partial charge in [0.2, 0.25) is 5.91 Å². The lowest BCUT2D eigenvalue weighted by molar-refractivity contribution is -0.133. The molecule has 0 saturated heterocycles. The smallest absolute Gasteiger partial charge is 0.239 e. The Bertz CT molecular complexity index is 354. The van der Waals surface area contributed by atoms with Gasteiger partial charge >= 0.3 is 0 Å². The predicted octanol–water partition coefficient (Wildman–Crippen LogP) is 2.22. The average Bonchev–Trinajstić information content (AvgIpc) is 2.86. The van der Waals surface area contributed by atoms with E-state index < -0.39 is 0 Å². The third-order valence-electron chi connectivity index (χ3n) is 3.04. The summed E-state index contributed by atoms with van der Waals surface area (Å²) in [5, 5.41) is 2.06. The summed E-state index contributed by atoms with van der Waals surface area (Å²) in [6.07, 6.45) is 3.67. The average molecular weight is 286 g/mol. The Hall–Kier alpha value is -0.520. The van der Waals surface area contributed by atoms with Crippen molar-refractivity contribution in [3.8, 4) is 0 Å². The van der Waals surface area contributed by atoms with Crippen molar-refractivity contribution in [3.05, 3.63) is 22.4 Å². The van der Waals surface area contributed by atoms with E-state index in [1.807, 2.05) is 19.4 Å². The number of hydrogen-bond donors (Lipinski definition) is 1. The largest absolute Gasteiger partial charge is 0.341 e. The van der Waals surface area contributed by atoms with Crippen LogP contribution < -0.4 is 5.73 Å². The summed E-state index contributed by atoms with van der Waals surface area (Å²) in [6.45, 7) is 2.07. The molecular formula is C13H22N2OS2. The molecule has 1 aromatic rings. The van der Waals surface area contributed by atoms with Crippen LogP contribution in [-0.4, -0.2) is 41.9 Å². The number of amides is 1. The third-order valence-corrected chi connectivity index (χ3v) is 4.58. The first kappa shape index (κ1) is 15.5. The molecule has 18 heavy (non-hydrogen) atoms. The molecule has 0 aliphatic carbocycles. The Balaban J connectivity index is 2.46. The van der Waals surface area contributed by atoms with Crippen molar-refractivity contribution in [1.29, 1.82) is 0 Å². The van der Waals surface area contributed by atoms with Gasteiger partial charge in [-0.2, -0.15) is 11.8 Å². The highest BCUT2D eigenvalue weighted by atomic mass is 32.2. The molecule has 0 radical (unpaired) electrons. The fourth-order valence-corrected chi connectivity index (χ4v) is 3.02. The van der Waals surface area contributed by atoms with E-state index in [1.54, 1.807) is 28.0 Å². The van der Waals surface area contributed by atoms with Gasteiger partial charge in [0.05, 0.1) is 6.04 Å². The number of carbonyl (C=O) groups is 1. The van der Waals surface area contributed by atoms with Gasteiger partial charge in [0.1, 0.15) is 0 Å². The van der Waals surface area contributed by atoms with Gasteiger partial charge < -0.3 is 10.6 Å². The molecule has 0 saturated carbocycles. The van der Waals surface area contributed by atoms with Crippen molar-refractivity contribution in [1.82, 2.24) is 4.90 Å². The molecule has 1 amide bonds. The van der Waals surface area contributed by atoms with Gasteiger partial charge in [0.25, 0.3) is 0 Å². The van der Waals surface area contributed by atoms with Crippen molar-refractivity contribution in [2.75, 3.05) is 19.1 Å². The van der Waals surface area contributed by atoms with E-state index >= 15 is 0 Å². The molecule has 2 atom stereocenters. The molecule has 3 nitrogen and oxygen atoms in total. The van der Waals surface area contributed by atoms with Gasteiger partial charge in [-0.3, -0.25) is 4.79 Å². The van der Waals surface area contributed by atoms with Crippen LogP contribution in [0.15, 0.2) is 17.5 Å². The van der Waals surface area contributed by atoms with Crippen LogP contribution in [-0.2, 0) is 11.2 Å².